The van der Waals surface area contributed by atoms with Gasteiger partial charge in [-0.1, -0.05) is 38.4 Å². The number of pyridine rings is 1. The largest absolute Gasteiger partial charge is 0.500 e. The van der Waals surface area contributed by atoms with Gasteiger partial charge in [-0.05, 0) is 39.0 Å². The molecule has 0 aliphatic heterocycles. The average Bonchev–Trinajstić information content (AvgIpc) is 2.57. The monoisotopic (exact) mass is 414 g/mol. The van der Waals surface area contributed by atoms with Crippen LogP contribution in [0.3, 0.4) is 0 Å². The predicted octanol–water partition coefficient (Wildman–Crippen LogP) is 3.88. The molecule has 0 aromatic carbocycles. The maximum atomic E-state index is 12.9. The molecule has 0 radical (unpaired) electrons. The fraction of sp³-hybridized carbons (Fsp3) is 0.474. The molecule has 0 spiro atoms. The number of carbonyl (C=O) groups is 1. The van der Waals surface area contributed by atoms with Crippen molar-refractivity contribution in [1.82, 2.24) is 10.3 Å². The lowest BCUT2D eigenvalue weighted by Crippen LogP contribution is -2.47. The third kappa shape index (κ3) is 5.32. The second-order valence-electron chi connectivity index (χ2n) is 7.49. The van der Waals surface area contributed by atoms with Crippen molar-refractivity contribution in [3.8, 4) is 0 Å². The number of methoxy groups -OCH3 is 1. The van der Waals surface area contributed by atoms with Crippen LogP contribution >= 0.6 is 11.6 Å². The summed E-state index contributed by atoms with van der Waals surface area (Å²) in [6.45, 7) is 10.4. The van der Waals surface area contributed by atoms with Gasteiger partial charge < -0.3 is 10.1 Å². The number of amides is 1. The van der Waals surface area contributed by atoms with E-state index in [2.05, 4.69) is 10.3 Å². The van der Waals surface area contributed by atoms with Crippen molar-refractivity contribution < 1.29 is 17.9 Å². The maximum Gasteiger partial charge on any atom is 0.245 e. The lowest BCUT2D eigenvalue weighted by molar-refractivity contribution is -0.122. The van der Waals surface area contributed by atoms with Crippen molar-refractivity contribution in [3.05, 3.63) is 47.1 Å². The van der Waals surface area contributed by atoms with E-state index >= 15 is 0 Å². The van der Waals surface area contributed by atoms with Gasteiger partial charge in [-0.15, -0.1) is 0 Å². The fourth-order valence-corrected chi connectivity index (χ4v) is 3.57. The van der Waals surface area contributed by atoms with E-state index in [-0.39, 0.29) is 15.5 Å². The Kier molecular flexibility index (Phi) is 7.24. The molecule has 0 bridgehead atoms. The Bertz CT molecular complexity index is 849. The molecule has 6 nitrogen and oxygen atoms in total. The van der Waals surface area contributed by atoms with E-state index in [1.807, 2.05) is 20.8 Å². The summed E-state index contributed by atoms with van der Waals surface area (Å²) in [6.07, 6.45) is 4.51. The standard InChI is InChI=1S/C19H27ClN2O4S/c1-8-13(11-15(26-7)18(2,3)4)22-17(23)19(5,6)27(24,25)14-9-10-16(20)21-12-14/h8-12H,1-7H3,(H,22,23)/b13-8?,15-11-. The van der Waals surface area contributed by atoms with Crippen LogP contribution in [0, 0.1) is 5.41 Å². The van der Waals surface area contributed by atoms with Gasteiger partial charge in [0.25, 0.3) is 0 Å². The molecular formula is C19H27ClN2O4S. The highest BCUT2D eigenvalue weighted by Crippen LogP contribution is 2.28. The van der Waals surface area contributed by atoms with Crippen LogP contribution in [0.1, 0.15) is 41.5 Å². The number of sulfone groups is 1. The Morgan fingerprint density at radius 1 is 1.22 bits per heavy atom. The Hall–Kier alpha value is -1.86. The lowest BCUT2D eigenvalue weighted by atomic mass is 9.93. The minimum atomic E-state index is -3.98. The van der Waals surface area contributed by atoms with Crippen molar-refractivity contribution in [2.75, 3.05) is 7.11 Å². The van der Waals surface area contributed by atoms with Gasteiger partial charge in [0.1, 0.15) is 15.7 Å². The number of hydrogen-bond donors (Lipinski definition) is 1. The molecule has 1 amide bonds. The molecular weight excluding hydrogens is 388 g/mol. The number of hydrogen-bond acceptors (Lipinski definition) is 5. The minimum Gasteiger partial charge on any atom is -0.500 e. The molecule has 1 aromatic rings. The first-order valence-electron chi connectivity index (χ1n) is 8.37. The zero-order valence-corrected chi connectivity index (χ0v) is 18.3. The highest BCUT2D eigenvalue weighted by atomic mass is 35.5. The summed E-state index contributed by atoms with van der Waals surface area (Å²) >= 11 is 5.71. The highest BCUT2D eigenvalue weighted by Gasteiger charge is 2.43. The van der Waals surface area contributed by atoms with Crippen molar-refractivity contribution in [2.24, 2.45) is 5.41 Å². The summed E-state index contributed by atoms with van der Waals surface area (Å²) in [4.78, 5) is 16.5. The summed E-state index contributed by atoms with van der Waals surface area (Å²) in [6, 6.07) is 2.70. The zero-order chi connectivity index (χ0) is 21.0. The van der Waals surface area contributed by atoms with Crippen molar-refractivity contribution >= 4 is 27.3 Å². The molecule has 0 fully saturated rings. The highest BCUT2D eigenvalue weighted by molar-refractivity contribution is 7.93. The number of halogens is 1. The molecule has 150 valence electrons. The summed E-state index contributed by atoms with van der Waals surface area (Å²) in [5, 5.41) is 2.84. The van der Waals surface area contributed by atoms with Crippen LogP contribution in [0.15, 0.2) is 46.8 Å². The molecule has 0 aliphatic carbocycles. The van der Waals surface area contributed by atoms with E-state index in [0.717, 1.165) is 6.20 Å². The first kappa shape index (κ1) is 23.2. The van der Waals surface area contributed by atoms with E-state index in [9.17, 15) is 13.2 Å². The van der Waals surface area contributed by atoms with Gasteiger partial charge in [0.2, 0.25) is 5.91 Å². The molecule has 0 saturated heterocycles. The van der Waals surface area contributed by atoms with Crippen LogP contribution in [0.4, 0.5) is 0 Å². The molecule has 1 heterocycles. The number of carbonyl (C=O) groups excluding carboxylic acids is 1. The van der Waals surface area contributed by atoms with Crippen molar-refractivity contribution in [2.45, 2.75) is 51.2 Å². The minimum absolute atomic E-state index is 0.0723. The molecule has 0 atom stereocenters. The van der Waals surface area contributed by atoms with Gasteiger partial charge in [0.05, 0.1) is 12.0 Å². The average molecular weight is 415 g/mol. The van der Waals surface area contributed by atoms with Gasteiger partial charge in [-0.2, -0.15) is 0 Å². The number of ether oxygens (including phenoxy) is 1. The van der Waals surface area contributed by atoms with E-state index in [0.29, 0.717) is 11.5 Å². The predicted molar refractivity (Wildman–Crippen MR) is 107 cm³/mol. The molecule has 1 N–H and O–H groups in total. The van der Waals surface area contributed by atoms with Gasteiger partial charge >= 0.3 is 0 Å². The molecule has 27 heavy (non-hydrogen) atoms. The van der Waals surface area contributed by atoms with Gasteiger partial charge in [-0.25, -0.2) is 13.4 Å². The van der Waals surface area contributed by atoms with Crippen LogP contribution in [0.25, 0.3) is 0 Å². The second-order valence-corrected chi connectivity index (χ2v) is 10.4. The fourth-order valence-electron chi connectivity index (χ4n) is 2.13. The van der Waals surface area contributed by atoms with Crippen LogP contribution in [0.2, 0.25) is 5.15 Å². The van der Waals surface area contributed by atoms with E-state index < -0.39 is 20.5 Å². The Morgan fingerprint density at radius 3 is 2.22 bits per heavy atom. The smallest absolute Gasteiger partial charge is 0.245 e. The molecule has 0 unspecified atom stereocenters. The van der Waals surface area contributed by atoms with Crippen molar-refractivity contribution in [1.29, 1.82) is 0 Å². The quantitative estimate of drug-likeness (QED) is 0.433. The lowest BCUT2D eigenvalue weighted by Gasteiger charge is -2.25. The van der Waals surface area contributed by atoms with Gasteiger partial charge in [0.15, 0.2) is 9.84 Å². The number of nitrogens with zero attached hydrogens (tertiary/aromatic N) is 1. The number of nitrogens with one attached hydrogen (secondary N) is 1. The molecule has 8 heteroatoms. The second kappa shape index (κ2) is 8.44. The third-order valence-corrected chi connectivity index (χ3v) is 6.66. The first-order chi connectivity index (χ1) is 12.3. The number of allylic oxidation sites excluding steroid dienone is 3. The van der Waals surface area contributed by atoms with Crippen LogP contribution in [0.5, 0.6) is 0 Å². The normalized spacial score (nSPS) is 14.1. The van der Waals surface area contributed by atoms with E-state index in [4.69, 9.17) is 16.3 Å². The Balaban J connectivity index is 3.19. The van der Waals surface area contributed by atoms with Gasteiger partial charge in [0, 0.05) is 17.3 Å². The summed E-state index contributed by atoms with van der Waals surface area (Å²) < 4.78 is 29.5. The molecule has 1 rings (SSSR count). The number of aromatic nitrogens is 1. The molecule has 1 aromatic heterocycles. The van der Waals surface area contributed by atoms with Crippen LogP contribution < -0.4 is 5.32 Å². The summed E-state index contributed by atoms with van der Waals surface area (Å²) in [7, 11) is -2.43. The summed E-state index contributed by atoms with van der Waals surface area (Å²) in [5.41, 5.74) is 0.175. The maximum absolute atomic E-state index is 12.9. The van der Waals surface area contributed by atoms with Crippen LogP contribution in [-0.4, -0.2) is 31.2 Å². The third-order valence-electron chi connectivity index (χ3n) is 4.04. The molecule has 0 saturated carbocycles. The Labute approximate surface area is 166 Å². The van der Waals surface area contributed by atoms with Gasteiger partial charge in [-0.3, -0.25) is 4.79 Å². The van der Waals surface area contributed by atoms with Crippen molar-refractivity contribution in [3.63, 3.8) is 0 Å². The van der Waals surface area contributed by atoms with Crippen LogP contribution in [-0.2, 0) is 19.4 Å². The molecule has 0 aliphatic rings. The number of rotatable bonds is 6. The zero-order valence-electron chi connectivity index (χ0n) is 16.8. The Morgan fingerprint density at radius 2 is 1.81 bits per heavy atom. The first-order valence-corrected chi connectivity index (χ1v) is 10.2. The van der Waals surface area contributed by atoms with E-state index in [1.54, 1.807) is 26.2 Å². The topological polar surface area (TPSA) is 85.4 Å². The summed E-state index contributed by atoms with van der Waals surface area (Å²) in [5.74, 6) is -0.00960. The van der Waals surface area contributed by atoms with E-state index in [1.165, 1.54) is 26.0 Å². The SMILES string of the molecule is CC=C(/C=C(\OC)C(C)(C)C)NC(=O)C(C)(C)S(=O)(=O)c1ccc(Cl)nc1.